The van der Waals surface area contributed by atoms with E-state index in [2.05, 4.69) is 4.99 Å². The molecular weight excluding hydrogens is 353 g/mol. The number of carbonyl (C=O) groups is 1. The van der Waals surface area contributed by atoms with E-state index in [1.807, 2.05) is 30.5 Å². The molecule has 1 aliphatic rings. The van der Waals surface area contributed by atoms with Gasteiger partial charge in [0.25, 0.3) is 5.91 Å². The molecule has 0 bridgehead atoms. The van der Waals surface area contributed by atoms with Crippen molar-refractivity contribution in [2.24, 2.45) is 10.7 Å². The van der Waals surface area contributed by atoms with E-state index in [0.717, 1.165) is 22.6 Å². The van der Waals surface area contributed by atoms with E-state index in [1.165, 1.54) is 11.8 Å². The number of aryl methyl sites for hydroxylation is 1. The Kier molecular flexibility index (Phi) is 4.27. The van der Waals surface area contributed by atoms with Gasteiger partial charge in [0.2, 0.25) is 0 Å². The molecule has 1 aromatic carbocycles. The van der Waals surface area contributed by atoms with Crippen molar-refractivity contribution in [2.45, 2.75) is 13.8 Å². The summed E-state index contributed by atoms with van der Waals surface area (Å²) in [6.45, 7) is 3.95. The lowest BCUT2D eigenvalue weighted by molar-refractivity contribution is -0.113. The monoisotopic (exact) mass is 365 g/mol. The van der Waals surface area contributed by atoms with Crippen LogP contribution in [0.25, 0.3) is 11.8 Å². The van der Waals surface area contributed by atoms with Crippen LogP contribution in [0.5, 0.6) is 0 Å². The van der Waals surface area contributed by atoms with Gasteiger partial charge in [-0.25, -0.2) is 0 Å². The summed E-state index contributed by atoms with van der Waals surface area (Å²) in [6.07, 6.45) is 1.80. The number of hydrogen-bond acceptors (Lipinski definition) is 3. The molecule has 0 saturated carbocycles. The molecule has 4 nitrogen and oxygen atoms in total. The molecule has 2 heterocycles. The normalized spacial score (nSPS) is 16.3. The molecule has 0 spiro atoms. The van der Waals surface area contributed by atoms with Gasteiger partial charge in [0.05, 0.1) is 15.6 Å². The quantitative estimate of drug-likeness (QED) is 0.805. The van der Waals surface area contributed by atoms with Gasteiger partial charge < -0.3 is 10.3 Å². The number of nitrogens with two attached hydrogens (primary N) is 1. The molecule has 0 unspecified atom stereocenters. The number of halogens is 2. The third-order valence-corrected chi connectivity index (χ3v) is 4.90. The Labute approximate surface area is 148 Å². The van der Waals surface area contributed by atoms with Crippen LogP contribution in [0, 0.1) is 13.8 Å². The molecule has 23 heavy (non-hydrogen) atoms. The lowest BCUT2D eigenvalue weighted by Crippen LogP contribution is -2.01. The second kappa shape index (κ2) is 6.07. The summed E-state index contributed by atoms with van der Waals surface area (Å²) in [4.78, 5) is 16.0. The zero-order chi connectivity index (χ0) is 16.7. The first-order valence-electron chi connectivity index (χ1n) is 6.79. The van der Waals surface area contributed by atoms with Crippen molar-refractivity contribution in [2.75, 3.05) is 0 Å². The summed E-state index contributed by atoms with van der Waals surface area (Å²) in [5.41, 5.74) is 9.33. The minimum atomic E-state index is -0.304. The average molecular weight is 366 g/mol. The second-order valence-electron chi connectivity index (χ2n) is 5.12. The number of rotatable bonds is 2. The molecule has 0 saturated heterocycles. The van der Waals surface area contributed by atoms with Gasteiger partial charge in [0.1, 0.15) is 0 Å². The van der Waals surface area contributed by atoms with Crippen LogP contribution >= 0.6 is 35.0 Å². The maximum atomic E-state index is 11.8. The fourth-order valence-electron chi connectivity index (χ4n) is 2.53. The van der Waals surface area contributed by atoms with E-state index >= 15 is 0 Å². The van der Waals surface area contributed by atoms with Crippen LogP contribution in [0.1, 0.15) is 17.0 Å². The number of amides is 1. The number of benzene rings is 1. The SMILES string of the molecule is Cc1cc(C=C2SC(N)=NC2=O)c(C)n1-c1ccc(Cl)cc1Cl. The Morgan fingerprint density at radius 1 is 1.26 bits per heavy atom. The van der Waals surface area contributed by atoms with Crippen molar-refractivity contribution < 1.29 is 4.79 Å². The molecule has 0 aliphatic carbocycles. The third kappa shape index (κ3) is 3.04. The number of carbonyl (C=O) groups excluding carboxylic acids is 1. The smallest absolute Gasteiger partial charge is 0.286 e. The first-order chi connectivity index (χ1) is 10.9. The fourth-order valence-corrected chi connectivity index (χ4v) is 3.70. The number of thioether (sulfide) groups is 1. The topological polar surface area (TPSA) is 60.4 Å². The maximum Gasteiger partial charge on any atom is 0.286 e. The maximum absolute atomic E-state index is 11.8. The molecule has 2 aromatic rings. The lowest BCUT2D eigenvalue weighted by Gasteiger charge is -2.12. The molecule has 1 aliphatic heterocycles. The molecule has 1 aromatic heterocycles. The number of aromatic nitrogens is 1. The zero-order valence-corrected chi connectivity index (χ0v) is 14.8. The van der Waals surface area contributed by atoms with Crippen LogP contribution in [0.4, 0.5) is 0 Å². The van der Waals surface area contributed by atoms with E-state index in [1.54, 1.807) is 18.2 Å². The van der Waals surface area contributed by atoms with Crippen LogP contribution in [0.2, 0.25) is 10.0 Å². The van der Waals surface area contributed by atoms with Crippen molar-refractivity contribution in [3.63, 3.8) is 0 Å². The van der Waals surface area contributed by atoms with Gasteiger partial charge >= 0.3 is 0 Å². The molecule has 118 valence electrons. The molecule has 7 heteroatoms. The van der Waals surface area contributed by atoms with Crippen molar-refractivity contribution in [1.29, 1.82) is 0 Å². The van der Waals surface area contributed by atoms with E-state index in [0.29, 0.717) is 15.0 Å². The van der Waals surface area contributed by atoms with Crippen molar-refractivity contribution in [3.8, 4) is 5.69 Å². The summed E-state index contributed by atoms with van der Waals surface area (Å²) < 4.78 is 2.03. The Bertz CT molecular complexity index is 884. The Morgan fingerprint density at radius 2 is 2.00 bits per heavy atom. The minimum Gasteiger partial charge on any atom is -0.378 e. The van der Waals surface area contributed by atoms with Crippen molar-refractivity contribution >= 4 is 52.1 Å². The predicted molar refractivity (Wildman–Crippen MR) is 97.5 cm³/mol. The molecular formula is C16H13Cl2N3OS. The minimum absolute atomic E-state index is 0.274. The van der Waals surface area contributed by atoms with E-state index < -0.39 is 0 Å². The highest BCUT2D eigenvalue weighted by molar-refractivity contribution is 8.18. The van der Waals surface area contributed by atoms with E-state index in [-0.39, 0.29) is 11.1 Å². The first kappa shape index (κ1) is 16.2. The largest absolute Gasteiger partial charge is 0.378 e. The first-order valence-corrected chi connectivity index (χ1v) is 8.36. The van der Waals surface area contributed by atoms with Crippen molar-refractivity contribution in [1.82, 2.24) is 4.57 Å². The van der Waals surface area contributed by atoms with Gasteiger partial charge in [-0.3, -0.25) is 4.79 Å². The molecule has 3 rings (SSSR count). The van der Waals surface area contributed by atoms with Gasteiger partial charge in [0.15, 0.2) is 5.17 Å². The van der Waals surface area contributed by atoms with Gasteiger partial charge in [-0.15, -0.1) is 0 Å². The summed E-state index contributed by atoms with van der Waals surface area (Å²) in [5, 5.41) is 1.43. The van der Waals surface area contributed by atoms with E-state index in [4.69, 9.17) is 28.9 Å². The lowest BCUT2D eigenvalue weighted by atomic mass is 10.2. The summed E-state index contributed by atoms with van der Waals surface area (Å²) in [7, 11) is 0. The average Bonchev–Trinajstić information content (AvgIpc) is 2.91. The summed E-state index contributed by atoms with van der Waals surface area (Å²) in [6, 6.07) is 7.37. The van der Waals surface area contributed by atoms with Gasteiger partial charge in [-0.05, 0) is 61.5 Å². The fraction of sp³-hybridized carbons (Fsp3) is 0.125. The highest BCUT2D eigenvalue weighted by Crippen LogP contribution is 2.32. The second-order valence-corrected chi connectivity index (χ2v) is 7.03. The summed E-state index contributed by atoms with van der Waals surface area (Å²) in [5.74, 6) is -0.304. The number of hydrogen-bond donors (Lipinski definition) is 1. The molecule has 0 fully saturated rings. The van der Waals surface area contributed by atoms with Crippen LogP contribution < -0.4 is 5.73 Å². The van der Waals surface area contributed by atoms with Crippen molar-refractivity contribution in [3.05, 3.63) is 56.2 Å². The van der Waals surface area contributed by atoms with Gasteiger partial charge in [-0.2, -0.15) is 4.99 Å². The molecule has 0 atom stereocenters. The number of amidine groups is 1. The predicted octanol–water partition coefficient (Wildman–Crippen LogP) is 4.33. The van der Waals surface area contributed by atoms with Gasteiger partial charge in [0, 0.05) is 16.4 Å². The Hall–Kier alpha value is -1.69. The molecule has 0 radical (unpaired) electrons. The molecule has 1 amide bonds. The Balaban J connectivity index is 2.07. The number of nitrogens with zero attached hydrogens (tertiary/aromatic N) is 2. The van der Waals surface area contributed by atoms with Gasteiger partial charge in [-0.1, -0.05) is 23.2 Å². The highest BCUT2D eigenvalue weighted by atomic mass is 35.5. The third-order valence-electron chi connectivity index (χ3n) is 3.54. The number of aliphatic imine (C=N–C) groups is 1. The van der Waals surface area contributed by atoms with Crippen LogP contribution in [-0.2, 0) is 4.79 Å². The van der Waals surface area contributed by atoms with Crippen LogP contribution in [0.15, 0.2) is 34.2 Å². The van der Waals surface area contributed by atoms with Crippen LogP contribution in [-0.4, -0.2) is 15.6 Å². The highest BCUT2D eigenvalue weighted by Gasteiger charge is 2.21. The van der Waals surface area contributed by atoms with E-state index in [9.17, 15) is 4.79 Å². The zero-order valence-electron chi connectivity index (χ0n) is 12.4. The summed E-state index contributed by atoms with van der Waals surface area (Å²) >= 11 is 13.5. The standard InChI is InChI=1S/C16H13Cl2N3OS/c1-8-5-10(6-14-15(22)20-16(19)23-14)9(2)21(8)13-4-3-11(17)7-12(13)18/h3-7H,1-2H3,(H2,19,20,22). The Morgan fingerprint density at radius 3 is 2.61 bits per heavy atom. The molecule has 2 N–H and O–H groups in total. The van der Waals surface area contributed by atoms with Crippen LogP contribution in [0.3, 0.4) is 0 Å².